The fourth-order valence-corrected chi connectivity index (χ4v) is 3.75. The van der Waals surface area contributed by atoms with Crippen LogP contribution in [-0.2, 0) is 0 Å². The van der Waals surface area contributed by atoms with Crippen molar-refractivity contribution in [2.24, 2.45) is 5.10 Å². The van der Waals surface area contributed by atoms with Crippen LogP contribution < -0.4 is 14.2 Å². The first-order valence-electron chi connectivity index (χ1n) is 10.1. The lowest BCUT2D eigenvalue weighted by Crippen LogP contribution is -2.00. The van der Waals surface area contributed by atoms with Crippen molar-refractivity contribution in [1.82, 2.24) is 24.7 Å². The van der Waals surface area contributed by atoms with Gasteiger partial charge in [0.1, 0.15) is 0 Å². The van der Waals surface area contributed by atoms with E-state index in [9.17, 15) is 0 Å². The molecule has 1 N–H and O–H groups in total. The molecule has 0 aliphatic heterocycles. The van der Waals surface area contributed by atoms with E-state index < -0.39 is 0 Å². The second kappa shape index (κ2) is 9.29. The van der Waals surface area contributed by atoms with Gasteiger partial charge < -0.3 is 14.2 Å². The monoisotopic (exact) mass is 464 g/mol. The Morgan fingerprint density at radius 2 is 1.67 bits per heavy atom. The average molecular weight is 465 g/mol. The van der Waals surface area contributed by atoms with Crippen molar-refractivity contribution in [2.45, 2.75) is 13.8 Å². The first-order chi connectivity index (χ1) is 16.0. The van der Waals surface area contributed by atoms with E-state index >= 15 is 0 Å². The third-order valence-electron chi connectivity index (χ3n) is 5.22. The summed E-state index contributed by atoms with van der Waals surface area (Å²) in [5.74, 6) is 2.01. The normalized spacial score (nSPS) is 11.2. The zero-order valence-corrected chi connectivity index (χ0v) is 19.8. The van der Waals surface area contributed by atoms with E-state index in [1.54, 1.807) is 44.4 Å². The fourth-order valence-electron chi connectivity index (χ4n) is 3.57. The van der Waals surface area contributed by atoms with Crippen LogP contribution in [0.1, 0.15) is 17.0 Å². The Hall–Kier alpha value is -3.92. The highest BCUT2D eigenvalue weighted by atomic mass is 32.1. The molecular formula is C23H24N6O3S. The van der Waals surface area contributed by atoms with Gasteiger partial charge in [0.05, 0.1) is 44.6 Å². The number of benzene rings is 2. The molecule has 0 bridgehead atoms. The van der Waals surface area contributed by atoms with Crippen LogP contribution in [0.3, 0.4) is 0 Å². The molecule has 0 saturated carbocycles. The number of aromatic nitrogens is 5. The molecule has 0 radical (unpaired) electrons. The Morgan fingerprint density at radius 1 is 1.00 bits per heavy atom. The summed E-state index contributed by atoms with van der Waals surface area (Å²) in [6.07, 6.45) is 1.74. The Balaban J connectivity index is 1.77. The molecule has 0 aliphatic carbocycles. The maximum absolute atomic E-state index is 5.47. The Labute approximate surface area is 196 Å². The summed E-state index contributed by atoms with van der Waals surface area (Å²) >= 11 is 5.43. The Morgan fingerprint density at radius 3 is 2.27 bits per heavy atom. The third kappa shape index (κ3) is 4.12. The summed E-state index contributed by atoms with van der Waals surface area (Å²) < 4.78 is 20.1. The van der Waals surface area contributed by atoms with Gasteiger partial charge in [-0.2, -0.15) is 20.0 Å². The summed E-state index contributed by atoms with van der Waals surface area (Å²) in [5.41, 5.74) is 4.40. The van der Waals surface area contributed by atoms with Crippen LogP contribution in [0, 0.1) is 18.6 Å². The van der Waals surface area contributed by atoms with Crippen LogP contribution in [0.15, 0.2) is 47.6 Å². The molecule has 2 aromatic heterocycles. The van der Waals surface area contributed by atoms with E-state index in [0.717, 1.165) is 22.6 Å². The molecule has 0 aliphatic rings. The summed E-state index contributed by atoms with van der Waals surface area (Å²) in [5, 5.41) is 16.5. The minimum Gasteiger partial charge on any atom is -0.493 e. The van der Waals surface area contributed by atoms with Crippen molar-refractivity contribution in [3.05, 3.63) is 64.2 Å². The van der Waals surface area contributed by atoms with E-state index in [1.165, 1.54) is 0 Å². The van der Waals surface area contributed by atoms with Crippen LogP contribution in [0.5, 0.6) is 17.2 Å². The topological polar surface area (TPSA) is 91.5 Å². The largest absolute Gasteiger partial charge is 0.493 e. The molecular weight excluding hydrogens is 440 g/mol. The Bertz CT molecular complexity index is 1350. The smallest absolute Gasteiger partial charge is 0.216 e. The molecule has 170 valence electrons. The molecule has 2 aromatic carbocycles. The number of ether oxygens (including phenoxy) is 3. The summed E-state index contributed by atoms with van der Waals surface area (Å²) in [6, 6.07) is 13.5. The van der Waals surface area contributed by atoms with Crippen LogP contribution >= 0.6 is 12.2 Å². The predicted molar refractivity (Wildman–Crippen MR) is 129 cm³/mol. The molecule has 9 nitrogen and oxygen atoms in total. The maximum atomic E-state index is 5.47. The van der Waals surface area contributed by atoms with E-state index in [-0.39, 0.29) is 0 Å². The van der Waals surface area contributed by atoms with Crippen molar-refractivity contribution < 1.29 is 14.2 Å². The second-order valence-electron chi connectivity index (χ2n) is 7.15. The van der Waals surface area contributed by atoms with Crippen LogP contribution in [-0.4, -0.2) is 52.2 Å². The molecule has 10 heteroatoms. The number of hydrogen-bond donors (Lipinski definition) is 1. The fraction of sp³-hybridized carbons (Fsp3) is 0.217. The lowest BCUT2D eigenvalue weighted by Gasteiger charge is -2.13. The van der Waals surface area contributed by atoms with Crippen molar-refractivity contribution in [3.63, 3.8) is 0 Å². The molecule has 0 spiro atoms. The number of rotatable bonds is 7. The van der Waals surface area contributed by atoms with Gasteiger partial charge in [0.2, 0.25) is 10.5 Å². The summed E-state index contributed by atoms with van der Waals surface area (Å²) in [6.45, 7) is 3.95. The summed E-state index contributed by atoms with van der Waals surface area (Å²) in [4.78, 5) is 0. The van der Waals surface area contributed by atoms with Crippen molar-refractivity contribution in [3.8, 4) is 34.3 Å². The molecule has 0 atom stereocenters. The van der Waals surface area contributed by atoms with Crippen LogP contribution in [0.25, 0.3) is 17.1 Å². The van der Waals surface area contributed by atoms with Crippen LogP contribution in [0.4, 0.5) is 0 Å². The van der Waals surface area contributed by atoms with Gasteiger partial charge >= 0.3 is 0 Å². The molecule has 0 fully saturated rings. The highest BCUT2D eigenvalue weighted by molar-refractivity contribution is 7.71. The van der Waals surface area contributed by atoms with Gasteiger partial charge in [-0.1, -0.05) is 18.2 Å². The van der Waals surface area contributed by atoms with Gasteiger partial charge in [-0.05, 0) is 50.3 Å². The van der Waals surface area contributed by atoms with E-state index in [2.05, 4.69) is 20.4 Å². The highest BCUT2D eigenvalue weighted by Crippen LogP contribution is 2.40. The van der Waals surface area contributed by atoms with Crippen molar-refractivity contribution in [1.29, 1.82) is 0 Å². The zero-order chi connectivity index (χ0) is 23.5. The number of aromatic amines is 1. The molecule has 0 amide bonds. The first kappa shape index (κ1) is 22.3. The number of para-hydroxylation sites is 1. The SMILES string of the molecule is COc1cc(-c2n[nH]c(=S)n2/N=C\c2c(C)nn(-c3ccccc3)c2C)cc(OC)c1OC. The minimum absolute atomic E-state index is 0.348. The van der Waals surface area contributed by atoms with Crippen molar-refractivity contribution >= 4 is 18.4 Å². The number of hydrogen-bond acceptors (Lipinski definition) is 7. The van der Waals surface area contributed by atoms with Gasteiger partial charge in [0.15, 0.2) is 17.3 Å². The van der Waals surface area contributed by atoms with Gasteiger partial charge in [-0.15, -0.1) is 0 Å². The average Bonchev–Trinajstić information content (AvgIpc) is 3.35. The number of aryl methyl sites for hydroxylation is 1. The molecule has 0 saturated heterocycles. The lowest BCUT2D eigenvalue weighted by atomic mass is 10.1. The number of nitrogens with zero attached hydrogens (tertiary/aromatic N) is 5. The molecule has 0 unspecified atom stereocenters. The van der Waals surface area contributed by atoms with Gasteiger partial charge in [-0.25, -0.2) is 9.78 Å². The quantitative estimate of drug-likeness (QED) is 0.324. The van der Waals surface area contributed by atoms with Gasteiger partial charge in [-0.3, -0.25) is 0 Å². The molecule has 33 heavy (non-hydrogen) atoms. The minimum atomic E-state index is 0.348. The van der Waals surface area contributed by atoms with E-state index in [4.69, 9.17) is 26.4 Å². The third-order valence-corrected chi connectivity index (χ3v) is 5.49. The zero-order valence-electron chi connectivity index (χ0n) is 19.0. The molecule has 2 heterocycles. The van der Waals surface area contributed by atoms with Gasteiger partial charge in [0, 0.05) is 11.1 Å². The second-order valence-corrected chi connectivity index (χ2v) is 7.54. The Kier molecular flexibility index (Phi) is 6.27. The standard InChI is InChI=1S/C23H24N6O3S/c1-14-18(15(2)28(27-14)17-9-7-6-8-10-17)13-24-29-22(25-26-23(29)33)16-11-19(30-3)21(32-5)20(12-16)31-4/h6-13H,1-5H3,(H,26,33)/b24-13-. The maximum Gasteiger partial charge on any atom is 0.216 e. The van der Waals surface area contributed by atoms with Crippen molar-refractivity contribution in [2.75, 3.05) is 21.3 Å². The highest BCUT2D eigenvalue weighted by Gasteiger charge is 2.18. The molecule has 4 aromatic rings. The van der Waals surface area contributed by atoms with Crippen LogP contribution in [0.2, 0.25) is 0 Å². The predicted octanol–water partition coefficient (Wildman–Crippen LogP) is 4.32. The number of H-pyrrole nitrogens is 1. The first-order valence-corrected chi connectivity index (χ1v) is 10.5. The summed E-state index contributed by atoms with van der Waals surface area (Å²) in [7, 11) is 4.68. The van der Waals surface area contributed by atoms with Gasteiger partial charge in [0.25, 0.3) is 0 Å². The lowest BCUT2D eigenvalue weighted by molar-refractivity contribution is 0.324. The number of nitrogens with one attached hydrogen (secondary N) is 1. The number of methoxy groups -OCH3 is 3. The molecule has 4 rings (SSSR count). The van der Waals surface area contributed by atoms with E-state index in [1.807, 2.05) is 48.9 Å². The van der Waals surface area contributed by atoms with E-state index in [0.29, 0.717) is 33.4 Å².